The highest BCUT2D eigenvalue weighted by molar-refractivity contribution is 7.89. The maximum Gasteiger partial charge on any atom is 0.240 e. The van der Waals surface area contributed by atoms with Crippen LogP contribution >= 0.6 is 0 Å². The zero-order valence-corrected chi connectivity index (χ0v) is 16.8. The van der Waals surface area contributed by atoms with Crippen LogP contribution in [0.25, 0.3) is 0 Å². The van der Waals surface area contributed by atoms with E-state index in [1.165, 1.54) is 0 Å². The molecule has 26 heavy (non-hydrogen) atoms. The van der Waals surface area contributed by atoms with Gasteiger partial charge >= 0.3 is 0 Å². The predicted molar refractivity (Wildman–Crippen MR) is 104 cm³/mol. The Bertz CT molecular complexity index is 813. The van der Waals surface area contributed by atoms with Crippen molar-refractivity contribution in [3.8, 4) is 5.75 Å². The highest BCUT2D eigenvalue weighted by Gasteiger charge is 2.23. The average molecular weight is 377 g/mol. The lowest BCUT2D eigenvalue weighted by Crippen LogP contribution is -2.24. The lowest BCUT2D eigenvalue weighted by Gasteiger charge is -2.23. The molecule has 2 aromatic rings. The number of rotatable bonds is 8. The van der Waals surface area contributed by atoms with Gasteiger partial charge in [-0.15, -0.1) is 0 Å². The largest absolute Gasteiger partial charge is 0.493 e. The number of benzene rings is 1. The first-order valence-corrected chi connectivity index (χ1v) is 10.4. The quantitative estimate of drug-likeness (QED) is 0.706. The van der Waals surface area contributed by atoms with E-state index in [2.05, 4.69) is 16.6 Å². The topological polar surface area (TPSA) is 68.3 Å². The van der Waals surface area contributed by atoms with Crippen LogP contribution in [0.1, 0.15) is 51.8 Å². The summed E-state index contributed by atoms with van der Waals surface area (Å²) >= 11 is 0. The molecule has 5 nitrogen and oxygen atoms in total. The van der Waals surface area contributed by atoms with Crippen LogP contribution in [0, 0.1) is 0 Å². The summed E-state index contributed by atoms with van der Waals surface area (Å²) < 4.78 is 33.8. The van der Waals surface area contributed by atoms with Gasteiger partial charge in [-0.25, -0.2) is 13.1 Å². The van der Waals surface area contributed by atoms with Crippen LogP contribution in [0.4, 0.5) is 0 Å². The number of nitrogens with zero attached hydrogens (tertiary/aromatic N) is 1. The van der Waals surface area contributed by atoms with E-state index in [-0.39, 0.29) is 16.9 Å². The van der Waals surface area contributed by atoms with Crippen molar-refractivity contribution in [3.05, 3.63) is 53.9 Å². The zero-order valence-electron chi connectivity index (χ0n) is 16.0. The molecule has 0 fully saturated rings. The van der Waals surface area contributed by atoms with E-state index in [9.17, 15) is 8.42 Å². The van der Waals surface area contributed by atoms with Gasteiger partial charge in [0.05, 0.1) is 23.7 Å². The van der Waals surface area contributed by atoms with E-state index in [1.54, 1.807) is 36.5 Å². The highest BCUT2D eigenvalue weighted by Crippen LogP contribution is 2.33. The molecule has 142 valence electrons. The second-order valence-corrected chi connectivity index (χ2v) is 9.02. The van der Waals surface area contributed by atoms with Gasteiger partial charge in [0.15, 0.2) is 0 Å². The molecule has 0 bridgehead atoms. The molecule has 1 N–H and O–H groups in total. The molecule has 0 aliphatic rings. The van der Waals surface area contributed by atoms with E-state index in [0.29, 0.717) is 12.3 Å². The molecule has 0 saturated carbocycles. The van der Waals surface area contributed by atoms with Crippen molar-refractivity contribution >= 4 is 10.0 Å². The Morgan fingerprint density at radius 2 is 1.92 bits per heavy atom. The number of ether oxygens (including phenoxy) is 1. The summed E-state index contributed by atoms with van der Waals surface area (Å²) in [7, 11) is -3.63. The summed E-state index contributed by atoms with van der Waals surface area (Å²) in [5.74, 6) is 0.745. The Kier molecular flexibility index (Phi) is 6.78. The number of aromatic nitrogens is 1. The third-order valence-corrected chi connectivity index (χ3v) is 5.39. The van der Waals surface area contributed by atoms with Crippen molar-refractivity contribution in [2.24, 2.45) is 0 Å². The molecule has 0 saturated heterocycles. The van der Waals surface area contributed by atoms with Crippen LogP contribution in [0.5, 0.6) is 5.75 Å². The van der Waals surface area contributed by atoms with Crippen LogP contribution in [-0.2, 0) is 22.0 Å². The molecule has 0 radical (unpaired) electrons. The van der Waals surface area contributed by atoms with Gasteiger partial charge in [0, 0.05) is 11.8 Å². The number of unbranched alkanes of at least 4 members (excludes halogenated alkanes) is 1. The van der Waals surface area contributed by atoms with Gasteiger partial charge in [-0.3, -0.25) is 4.98 Å². The van der Waals surface area contributed by atoms with E-state index < -0.39 is 10.0 Å². The first-order chi connectivity index (χ1) is 12.2. The van der Waals surface area contributed by atoms with Crippen molar-refractivity contribution in [1.29, 1.82) is 0 Å². The fourth-order valence-electron chi connectivity index (χ4n) is 2.47. The Balaban J connectivity index is 2.25. The molecule has 1 aromatic heterocycles. The number of sulfonamides is 1. The van der Waals surface area contributed by atoms with Crippen molar-refractivity contribution in [2.75, 3.05) is 6.61 Å². The molecule has 0 aliphatic carbocycles. The molecule has 6 heteroatoms. The molecule has 0 atom stereocenters. The summed E-state index contributed by atoms with van der Waals surface area (Å²) in [4.78, 5) is 4.38. The molecule has 1 heterocycles. The van der Waals surface area contributed by atoms with Gasteiger partial charge in [-0.05, 0) is 42.2 Å². The summed E-state index contributed by atoms with van der Waals surface area (Å²) in [6.45, 7) is 9.04. The molecule has 0 spiro atoms. The van der Waals surface area contributed by atoms with Crippen LogP contribution in [0.3, 0.4) is 0 Å². The van der Waals surface area contributed by atoms with Crippen molar-refractivity contribution in [3.63, 3.8) is 0 Å². The van der Waals surface area contributed by atoms with Crippen molar-refractivity contribution < 1.29 is 13.2 Å². The third-order valence-electron chi connectivity index (χ3n) is 3.99. The highest BCUT2D eigenvalue weighted by atomic mass is 32.2. The summed E-state index contributed by atoms with van der Waals surface area (Å²) in [6.07, 6.45) is 3.66. The number of nitrogens with one attached hydrogen (secondary N) is 1. The van der Waals surface area contributed by atoms with E-state index in [0.717, 1.165) is 24.2 Å². The Morgan fingerprint density at radius 1 is 1.15 bits per heavy atom. The molecule has 0 amide bonds. The fourth-order valence-corrected chi connectivity index (χ4v) is 3.49. The van der Waals surface area contributed by atoms with Gasteiger partial charge in [0.2, 0.25) is 10.0 Å². The molecule has 2 rings (SSSR count). The Morgan fingerprint density at radius 3 is 2.54 bits per heavy atom. The second-order valence-electron chi connectivity index (χ2n) is 7.26. The molecule has 1 aromatic carbocycles. The van der Waals surface area contributed by atoms with Gasteiger partial charge in [-0.2, -0.15) is 0 Å². The SMILES string of the molecule is CCCCOc1ccc(S(=O)(=O)NCc2ccccn2)cc1C(C)(C)C. The van der Waals surface area contributed by atoms with E-state index in [1.807, 2.05) is 26.8 Å². The van der Waals surface area contributed by atoms with Gasteiger partial charge in [0.1, 0.15) is 5.75 Å². The summed E-state index contributed by atoms with van der Waals surface area (Å²) in [5, 5.41) is 0. The average Bonchev–Trinajstić information content (AvgIpc) is 2.60. The van der Waals surface area contributed by atoms with Crippen LogP contribution in [-0.4, -0.2) is 20.0 Å². The molecular formula is C20H28N2O3S. The van der Waals surface area contributed by atoms with Gasteiger partial charge in [0.25, 0.3) is 0 Å². The zero-order chi connectivity index (χ0) is 19.2. The second kappa shape index (κ2) is 8.64. The summed E-state index contributed by atoms with van der Waals surface area (Å²) in [5.41, 5.74) is 1.33. The number of pyridine rings is 1. The lowest BCUT2D eigenvalue weighted by atomic mass is 9.86. The van der Waals surface area contributed by atoms with Crippen molar-refractivity contribution in [2.45, 2.75) is 57.4 Å². The minimum absolute atomic E-state index is 0.156. The van der Waals surface area contributed by atoms with Gasteiger partial charge < -0.3 is 4.74 Å². The maximum atomic E-state index is 12.7. The van der Waals surface area contributed by atoms with Crippen LogP contribution in [0.15, 0.2) is 47.5 Å². The molecule has 0 aliphatic heterocycles. The summed E-state index contributed by atoms with van der Waals surface area (Å²) in [6, 6.07) is 10.5. The number of hydrogen-bond donors (Lipinski definition) is 1. The monoisotopic (exact) mass is 376 g/mol. The van der Waals surface area contributed by atoms with Crippen molar-refractivity contribution in [1.82, 2.24) is 9.71 Å². The first kappa shape index (κ1) is 20.4. The normalized spacial score (nSPS) is 12.2. The third kappa shape index (κ3) is 5.54. The van der Waals surface area contributed by atoms with E-state index >= 15 is 0 Å². The smallest absolute Gasteiger partial charge is 0.240 e. The molecule has 0 unspecified atom stereocenters. The van der Waals surface area contributed by atoms with Crippen LogP contribution < -0.4 is 9.46 Å². The standard InChI is InChI=1S/C20H28N2O3S/c1-5-6-13-25-19-11-10-17(14-18(19)20(2,3)4)26(23,24)22-15-16-9-7-8-12-21-16/h7-12,14,22H,5-6,13,15H2,1-4H3. The fraction of sp³-hybridized carbons (Fsp3) is 0.450. The maximum absolute atomic E-state index is 12.7. The van der Waals surface area contributed by atoms with E-state index in [4.69, 9.17) is 4.74 Å². The minimum Gasteiger partial charge on any atom is -0.493 e. The number of hydrogen-bond acceptors (Lipinski definition) is 4. The Labute approximate surface area is 156 Å². The molecular weight excluding hydrogens is 348 g/mol. The first-order valence-electron chi connectivity index (χ1n) is 8.91. The Hall–Kier alpha value is -1.92. The lowest BCUT2D eigenvalue weighted by molar-refractivity contribution is 0.301. The minimum atomic E-state index is -3.63. The predicted octanol–water partition coefficient (Wildman–Crippen LogP) is 4.04. The van der Waals surface area contributed by atoms with Crippen LogP contribution in [0.2, 0.25) is 0 Å². The van der Waals surface area contributed by atoms with Gasteiger partial charge in [-0.1, -0.05) is 40.2 Å².